The molecule has 0 rings (SSSR count). The van der Waals surface area contributed by atoms with Crippen LogP contribution in [0.5, 0.6) is 0 Å². The van der Waals surface area contributed by atoms with Crippen LogP contribution in [0.25, 0.3) is 0 Å². The maximum absolute atomic E-state index is 11.5. The van der Waals surface area contributed by atoms with Gasteiger partial charge in [0.25, 0.3) is 0 Å². The van der Waals surface area contributed by atoms with E-state index in [1.807, 2.05) is 20.8 Å². The molecule has 3 nitrogen and oxygen atoms in total. The lowest BCUT2D eigenvalue weighted by Gasteiger charge is -2.28. The summed E-state index contributed by atoms with van der Waals surface area (Å²) in [4.78, 5) is 11.5. The highest BCUT2D eigenvalue weighted by molar-refractivity contribution is 5.76. The van der Waals surface area contributed by atoms with Gasteiger partial charge in [0.15, 0.2) is 0 Å². The summed E-state index contributed by atoms with van der Waals surface area (Å²) >= 11 is 0. The van der Waals surface area contributed by atoms with Gasteiger partial charge in [0.2, 0.25) is 0 Å². The predicted octanol–water partition coefficient (Wildman–Crippen LogP) is 1.74. The third-order valence-corrected chi connectivity index (χ3v) is 2.17. The first-order chi connectivity index (χ1) is 5.75. The Morgan fingerprint density at radius 2 is 1.77 bits per heavy atom. The van der Waals surface area contributed by atoms with Crippen LogP contribution in [0.2, 0.25) is 0 Å². The molecule has 3 heteroatoms. The smallest absolute Gasteiger partial charge is 0.314 e. The number of aliphatic hydroxyl groups is 1. The van der Waals surface area contributed by atoms with E-state index < -0.39 is 11.0 Å². The Morgan fingerprint density at radius 1 is 1.31 bits per heavy atom. The number of rotatable bonds is 4. The van der Waals surface area contributed by atoms with Gasteiger partial charge in [0, 0.05) is 0 Å². The molecule has 0 atom stereocenters. The van der Waals surface area contributed by atoms with E-state index in [1.54, 1.807) is 13.8 Å². The maximum Gasteiger partial charge on any atom is 0.314 e. The standard InChI is InChI=1S/C10H20O3/c1-6-10(4,5)13-8(12)9(2,3)7-11/h11H,6-7H2,1-5H3. The highest BCUT2D eigenvalue weighted by Gasteiger charge is 2.32. The largest absolute Gasteiger partial charge is 0.459 e. The molecule has 0 saturated heterocycles. The summed E-state index contributed by atoms with van der Waals surface area (Å²) in [5, 5.41) is 8.93. The quantitative estimate of drug-likeness (QED) is 0.683. The molecule has 0 spiro atoms. The van der Waals surface area contributed by atoms with Crippen molar-refractivity contribution in [2.75, 3.05) is 6.61 Å². The number of hydrogen-bond acceptors (Lipinski definition) is 3. The lowest BCUT2D eigenvalue weighted by atomic mass is 9.94. The fourth-order valence-electron chi connectivity index (χ4n) is 0.526. The highest BCUT2D eigenvalue weighted by atomic mass is 16.6. The summed E-state index contributed by atoms with van der Waals surface area (Å²) in [6, 6.07) is 0. The minimum absolute atomic E-state index is 0.189. The average molecular weight is 188 g/mol. The van der Waals surface area contributed by atoms with E-state index in [0.717, 1.165) is 6.42 Å². The third-order valence-electron chi connectivity index (χ3n) is 2.17. The minimum atomic E-state index is -0.799. The van der Waals surface area contributed by atoms with Crippen molar-refractivity contribution < 1.29 is 14.6 Å². The SMILES string of the molecule is CCC(C)(C)OC(=O)C(C)(C)CO. The van der Waals surface area contributed by atoms with Crippen LogP contribution in [0.15, 0.2) is 0 Å². The van der Waals surface area contributed by atoms with Gasteiger partial charge < -0.3 is 9.84 Å². The molecule has 0 amide bonds. The molecule has 0 saturated carbocycles. The van der Waals surface area contributed by atoms with Gasteiger partial charge in [0.1, 0.15) is 5.60 Å². The van der Waals surface area contributed by atoms with Gasteiger partial charge in [0.05, 0.1) is 12.0 Å². The fourth-order valence-corrected chi connectivity index (χ4v) is 0.526. The van der Waals surface area contributed by atoms with Gasteiger partial charge in [-0.15, -0.1) is 0 Å². The topological polar surface area (TPSA) is 46.5 Å². The fraction of sp³-hybridized carbons (Fsp3) is 0.900. The van der Waals surface area contributed by atoms with E-state index in [1.165, 1.54) is 0 Å². The molecule has 0 aromatic heterocycles. The van der Waals surface area contributed by atoms with Crippen LogP contribution in [0.4, 0.5) is 0 Å². The van der Waals surface area contributed by atoms with Crippen LogP contribution in [0.3, 0.4) is 0 Å². The molecule has 0 aliphatic carbocycles. The summed E-state index contributed by atoms with van der Waals surface area (Å²) in [6.45, 7) is 8.82. The Bertz CT molecular complexity index is 183. The molecule has 78 valence electrons. The van der Waals surface area contributed by atoms with Crippen molar-refractivity contribution in [3.63, 3.8) is 0 Å². The number of esters is 1. The van der Waals surface area contributed by atoms with Crippen LogP contribution >= 0.6 is 0 Å². The molecule has 0 fully saturated rings. The lowest BCUT2D eigenvalue weighted by Crippen LogP contribution is -2.37. The van der Waals surface area contributed by atoms with Crippen molar-refractivity contribution in [2.45, 2.75) is 46.6 Å². The van der Waals surface area contributed by atoms with Crippen molar-refractivity contribution in [3.05, 3.63) is 0 Å². The first-order valence-corrected chi connectivity index (χ1v) is 4.59. The third kappa shape index (κ3) is 3.77. The second-order valence-corrected chi connectivity index (χ2v) is 4.54. The number of aliphatic hydroxyl groups excluding tert-OH is 1. The summed E-state index contributed by atoms with van der Waals surface area (Å²) in [5.74, 6) is -0.346. The lowest BCUT2D eigenvalue weighted by molar-refractivity contribution is -0.169. The Balaban J connectivity index is 4.31. The van der Waals surface area contributed by atoms with Crippen molar-refractivity contribution in [1.29, 1.82) is 0 Å². The van der Waals surface area contributed by atoms with Crippen LogP contribution in [0.1, 0.15) is 41.0 Å². The second-order valence-electron chi connectivity index (χ2n) is 4.54. The zero-order valence-corrected chi connectivity index (χ0v) is 9.18. The second kappa shape index (κ2) is 4.09. The van der Waals surface area contributed by atoms with Crippen molar-refractivity contribution in [1.82, 2.24) is 0 Å². The highest BCUT2D eigenvalue weighted by Crippen LogP contribution is 2.22. The number of carbonyl (C=O) groups is 1. The normalized spacial score (nSPS) is 12.8. The van der Waals surface area contributed by atoms with Crippen molar-refractivity contribution in [2.24, 2.45) is 5.41 Å². The monoisotopic (exact) mass is 188 g/mol. The molecule has 1 N–H and O–H groups in total. The van der Waals surface area contributed by atoms with Gasteiger partial charge in [-0.25, -0.2) is 0 Å². The van der Waals surface area contributed by atoms with Gasteiger partial charge in [-0.2, -0.15) is 0 Å². The molecule has 0 aliphatic heterocycles. The minimum Gasteiger partial charge on any atom is -0.459 e. The van der Waals surface area contributed by atoms with Crippen LogP contribution < -0.4 is 0 Å². The summed E-state index contributed by atoms with van der Waals surface area (Å²) in [6.07, 6.45) is 0.764. The number of carbonyl (C=O) groups excluding carboxylic acids is 1. The average Bonchev–Trinajstić information content (AvgIpc) is 2.04. The molecule has 0 aromatic carbocycles. The van der Waals surface area contributed by atoms with E-state index in [2.05, 4.69) is 0 Å². The molecule has 0 aliphatic rings. The first kappa shape index (κ1) is 12.4. The molecular formula is C10H20O3. The predicted molar refractivity (Wildman–Crippen MR) is 51.3 cm³/mol. The Hall–Kier alpha value is -0.570. The maximum atomic E-state index is 11.5. The van der Waals surface area contributed by atoms with Gasteiger partial charge in [-0.3, -0.25) is 4.79 Å². The van der Waals surface area contributed by atoms with Crippen LogP contribution in [0, 0.1) is 5.41 Å². The Kier molecular flexibility index (Phi) is 3.91. The first-order valence-electron chi connectivity index (χ1n) is 4.59. The number of hydrogen-bond donors (Lipinski definition) is 1. The van der Waals surface area contributed by atoms with E-state index in [-0.39, 0.29) is 12.6 Å². The summed E-state index contributed by atoms with van der Waals surface area (Å²) in [5.41, 5.74) is -1.24. The van der Waals surface area contributed by atoms with E-state index >= 15 is 0 Å². The Labute approximate surface area is 80.1 Å². The Morgan fingerprint density at radius 3 is 2.08 bits per heavy atom. The molecule has 13 heavy (non-hydrogen) atoms. The number of ether oxygens (including phenoxy) is 1. The zero-order valence-electron chi connectivity index (χ0n) is 9.18. The molecule has 0 radical (unpaired) electrons. The van der Waals surface area contributed by atoms with Crippen molar-refractivity contribution >= 4 is 5.97 Å². The zero-order chi connectivity index (χ0) is 10.7. The molecular weight excluding hydrogens is 168 g/mol. The molecule has 0 bridgehead atoms. The van der Waals surface area contributed by atoms with Gasteiger partial charge in [-0.05, 0) is 34.1 Å². The molecule has 0 unspecified atom stereocenters. The molecule has 0 heterocycles. The van der Waals surface area contributed by atoms with Crippen molar-refractivity contribution in [3.8, 4) is 0 Å². The summed E-state index contributed by atoms with van der Waals surface area (Å²) < 4.78 is 5.24. The summed E-state index contributed by atoms with van der Waals surface area (Å²) in [7, 11) is 0. The molecule has 0 aromatic rings. The van der Waals surface area contributed by atoms with Gasteiger partial charge >= 0.3 is 5.97 Å². The van der Waals surface area contributed by atoms with E-state index in [0.29, 0.717) is 0 Å². The van der Waals surface area contributed by atoms with E-state index in [4.69, 9.17) is 9.84 Å². The van der Waals surface area contributed by atoms with Crippen LogP contribution in [-0.4, -0.2) is 23.3 Å². The van der Waals surface area contributed by atoms with Gasteiger partial charge in [-0.1, -0.05) is 6.92 Å². The van der Waals surface area contributed by atoms with E-state index in [9.17, 15) is 4.79 Å². The van der Waals surface area contributed by atoms with Crippen LogP contribution in [-0.2, 0) is 9.53 Å².